The van der Waals surface area contributed by atoms with Crippen LogP contribution in [0.1, 0.15) is 42.1 Å². The molecule has 0 N–H and O–H groups in total. The van der Waals surface area contributed by atoms with Crippen LogP contribution in [0.2, 0.25) is 0 Å². The fourth-order valence-electron chi connectivity index (χ4n) is 3.38. The average molecular weight is 303 g/mol. The third-order valence-corrected chi connectivity index (χ3v) is 4.85. The number of aryl methyl sites for hydroxylation is 2. The topological polar surface area (TPSA) is 30.7 Å². The SMILES string of the molecule is Cc1cccc(C)c1-n1c(-c2ccccc2)nnc1C1CCC1. The molecule has 1 aliphatic carbocycles. The van der Waals surface area contributed by atoms with Crippen LogP contribution >= 0.6 is 0 Å². The molecule has 0 saturated heterocycles. The van der Waals surface area contributed by atoms with Gasteiger partial charge in [-0.15, -0.1) is 10.2 Å². The second kappa shape index (κ2) is 5.65. The Hall–Kier alpha value is -2.42. The van der Waals surface area contributed by atoms with Gasteiger partial charge in [-0.05, 0) is 37.8 Å². The molecule has 3 heteroatoms. The van der Waals surface area contributed by atoms with Crippen molar-refractivity contribution >= 4 is 0 Å². The number of nitrogens with zero attached hydrogens (tertiary/aromatic N) is 3. The van der Waals surface area contributed by atoms with E-state index < -0.39 is 0 Å². The van der Waals surface area contributed by atoms with Crippen molar-refractivity contribution in [2.45, 2.75) is 39.0 Å². The number of para-hydroxylation sites is 1. The minimum absolute atomic E-state index is 0.541. The molecule has 0 aliphatic heterocycles. The smallest absolute Gasteiger partial charge is 0.168 e. The van der Waals surface area contributed by atoms with E-state index in [9.17, 15) is 0 Å². The molecule has 0 spiro atoms. The van der Waals surface area contributed by atoms with Crippen LogP contribution < -0.4 is 0 Å². The van der Waals surface area contributed by atoms with E-state index in [4.69, 9.17) is 0 Å². The summed E-state index contributed by atoms with van der Waals surface area (Å²) >= 11 is 0. The minimum atomic E-state index is 0.541. The molecule has 1 heterocycles. The van der Waals surface area contributed by atoms with E-state index in [-0.39, 0.29) is 0 Å². The van der Waals surface area contributed by atoms with E-state index in [1.807, 2.05) is 6.07 Å². The fourth-order valence-corrected chi connectivity index (χ4v) is 3.38. The first-order valence-electron chi connectivity index (χ1n) is 8.33. The molecule has 1 aromatic heterocycles. The van der Waals surface area contributed by atoms with Gasteiger partial charge in [0.15, 0.2) is 5.82 Å². The van der Waals surface area contributed by atoms with Gasteiger partial charge in [0.2, 0.25) is 0 Å². The first kappa shape index (κ1) is 14.2. The Bertz CT molecular complexity index is 809. The molecule has 0 unspecified atom stereocenters. The Kier molecular flexibility index (Phi) is 3.49. The molecule has 3 aromatic rings. The zero-order chi connectivity index (χ0) is 15.8. The van der Waals surface area contributed by atoms with Crippen LogP contribution in [0.25, 0.3) is 17.1 Å². The molecule has 116 valence electrons. The van der Waals surface area contributed by atoms with Gasteiger partial charge in [0.05, 0.1) is 5.69 Å². The van der Waals surface area contributed by atoms with Crippen LogP contribution in [-0.2, 0) is 0 Å². The maximum Gasteiger partial charge on any atom is 0.168 e. The van der Waals surface area contributed by atoms with Crippen molar-refractivity contribution in [2.75, 3.05) is 0 Å². The molecular formula is C20H21N3. The van der Waals surface area contributed by atoms with E-state index >= 15 is 0 Å². The molecule has 23 heavy (non-hydrogen) atoms. The van der Waals surface area contributed by atoms with Crippen LogP contribution in [0.4, 0.5) is 0 Å². The monoisotopic (exact) mass is 303 g/mol. The molecule has 1 aliphatic rings. The van der Waals surface area contributed by atoms with Gasteiger partial charge in [0, 0.05) is 11.5 Å². The number of aromatic nitrogens is 3. The number of hydrogen-bond acceptors (Lipinski definition) is 2. The van der Waals surface area contributed by atoms with E-state index in [1.54, 1.807) is 0 Å². The highest BCUT2D eigenvalue weighted by atomic mass is 15.3. The lowest BCUT2D eigenvalue weighted by molar-refractivity contribution is 0.396. The Labute approximate surface area is 137 Å². The quantitative estimate of drug-likeness (QED) is 0.694. The van der Waals surface area contributed by atoms with E-state index in [0.717, 1.165) is 17.2 Å². The van der Waals surface area contributed by atoms with Crippen molar-refractivity contribution in [1.82, 2.24) is 14.8 Å². The van der Waals surface area contributed by atoms with Crippen molar-refractivity contribution in [3.8, 4) is 17.1 Å². The van der Waals surface area contributed by atoms with Gasteiger partial charge in [0.25, 0.3) is 0 Å². The van der Waals surface area contributed by atoms with Crippen LogP contribution in [-0.4, -0.2) is 14.8 Å². The first-order valence-corrected chi connectivity index (χ1v) is 8.33. The van der Waals surface area contributed by atoms with Crippen LogP contribution in [0.3, 0.4) is 0 Å². The highest BCUT2D eigenvalue weighted by Gasteiger charge is 2.28. The fraction of sp³-hybridized carbons (Fsp3) is 0.300. The Morgan fingerprint density at radius 3 is 2.17 bits per heavy atom. The van der Waals surface area contributed by atoms with Crippen molar-refractivity contribution in [3.63, 3.8) is 0 Å². The summed E-state index contributed by atoms with van der Waals surface area (Å²) in [6.45, 7) is 4.34. The molecule has 0 bridgehead atoms. The summed E-state index contributed by atoms with van der Waals surface area (Å²) in [5, 5.41) is 9.15. The molecule has 1 fully saturated rings. The lowest BCUT2D eigenvalue weighted by Crippen LogP contribution is -2.16. The zero-order valence-corrected chi connectivity index (χ0v) is 13.7. The van der Waals surface area contributed by atoms with E-state index in [2.05, 4.69) is 71.1 Å². The van der Waals surface area contributed by atoms with Crippen LogP contribution in [0.5, 0.6) is 0 Å². The summed E-state index contributed by atoms with van der Waals surface area (Å²) in [5.41, 5.74) is 4.89. The van der Waals surface area contributed by atoms with Gasteiger partial charge in [-0.25, -0.2) is 0 Å². The number of rotatable bonds is 3. The maximum atomic E-state index is 4.59. The summed E-state index contributed by atoms with van der Waals surface area (Å²) in [5.74, 6) is 2.61. The molecule has 2 aromatic carbocycles. The standard InChI is InChI=1S/C20H21N3/c1-14-8-6-9-15(2)18(14)23-19(16-10-4-3-5-11-16)21-22-20(23)17-12-7-13-17/h3-6,8-11,17H,7,12-13H2,1-2H3. The van der Waals surface area contributed by atoms with Gasteiger partial charge < -0.3 is 0 Å². The normalized spacial score (nSPS) is 14.7. The Morgan fingerprint density at radius 1 is 0.870 bits per heavy atom. The molecule has 0 amide bonds. The highest BCUT2D eigenvalue weighted by molar-refractivity contribution is 5.61. The van der Waals surface area contributed by atoms with Gasteiger partial charge in [0.1, 0.15) is 5.82 Å². The summed E-state index contributed by atoms with van der Waals surface area (Å²) in [6.07, 6.45) is 3.74. The van der Waals surface area contributed by atoms with Crippen molar-refractivity contribution in [2.24, 2.45) is 0 Å². The summed E-state index contributed by atoms with van der Waals surface area (Å²) in [7, 11) is 0. The summed E-state index contributed by atoms with van der Waals surface area (Å²) in [6, 6.07) is 16.8. The third-order valence-electron chi connectivity index (χ3n) is 4.85. The van der Waals surface area contributed by atoms with Crippen molar-refractivity contribution in [3.05, 3.63) is 65.5 Å². The molecule has 0 radical (unpaired) electrons. The lowest BCUT2D eigenvalue weighted by atomic mass is 9.84. The van der Waals surface area contributed by atoms with E-state index in [0.29, 0.717) is 5.92 Å². The summed E-state index contributed by atoms with van der Waals surface area (Å²) in [4.78, 5) is 0. The van der Waals surface area contributed by atoms with Crippen LogP contribution in [0.15, 0.2) is 48.5 Å². The predicted molar refractivity (Wildman–Crippen MR) is 92.9 cm³/mol. The molecule has 4 rings (SSSR count). The first-order chi connectivity index (χ1) is 11.3. The third kappa shape index (κ3) is 2.37. The molecule has 0 atom stereocenters. The second-order valence-corrected chi connectivity index (χ2v) is 6.45. The zero-order valence-electron chi connectivity index (χ0n) is 13.7. The average Bonchev–Trinajstić information content (AvgIpc) is 2.91. The Morgan fingerprint density at radius 2 is 1.57 bits per heavy atom. The highest BCUT2D eigenvalue weighted by Crippen LogP contribution is 2.39. The number of hydrogen-bond donors (Lipinski definition) is 0. The number of benzene rings is 2. The second-order valence-electron chi connectivity index (χ2n) is 6.45. The maximum absolute atomic E-state index is 4.59. The van der Waals surface area contributed by atoms with Gasteiger partial charge in [-0.3, -0.25) is 4.57 Å². The summed E-state index contributed by atoms with van der Waals surface area (Å²) < 4.78 is 2.30. The van der Waals surface area contributed by atoms with E-state index in [1.165, 1.54) is 36.1 Å². The lowest BCUT2D eigenvalue weighted by Gasteiger charge is -2.26. The van der Waals surface area contributed by atoms with Gasteiger partial charge >= 0.3 is 0 Å². The molecule has 1 saturated carbocycles. The van der Waals surface area contributed by atoms with Gasteiger partial charge in [-0.2, -0.15) is 0 Å². The van der Waals surface area contributed by atoms with Crippen molar-refractivity contribution in [1.29, 1.82) is 0 Å². The largest absolute Gasteiger partial charge is 0.278 e. The molecular weight excluding hydrogens is 282 g/mol. The molecule has 3 nitrogen and oxygen atoms in total. The Balaban J connectivity index is 1.97. The van der Waals surface area contributed by atoms with Crippen molar-refractivity contribution < 1.29 is 0 Å². The minimum Gasteiger partial charge on any atom is -0.278 e. The van der Waals surface area contributed by atoms with Crippen LogP contribution in [0, 0.1) is 13.8 Å². The predicted octanol–water partition coefficient (Wildman–Crippen LogP) is 4.82. The van der Waals surface area contributed by atoms with Gasteiger partial charge in [-0.1, -0.05) is 55.0 Å².